The second-order valence-electron chi connectivity index (χ2n) is 5.63. The van der Waals surface area contributed by atoms with E-state index in [9.17, 15) is 4.79 Å². The normalized spacial score (nSPS) is 10.9. The lowest BCUT2D eigenvalue weighted by Gasteiger charge is -2.21. The van der Waals surface area contributed by atoms with E-state index in [1.54, 1.807) is 12.3 Å². The van der Waals surface area contributed by atoms with Crippen molar-refractivity contribution in [3.63, 3.8) is 0 Å². The van der Waals surface area contributed by atoms with Crippen LogP contribution in [-0.2, 0) is 0 Å². The summed E-state index contributed by atoms with van der Waals surface area (Å²) in [5.41, 5.74) is 2.02. The summed E-state index contributed by atoms with van der Waals surface area (Å²) >= 11 is 0. The van der Waals surface area contributed by atoms with E-state index in [0.29, 0.717) is 5.69 Å². The maximum absolute atomic E-state index is 12.0. The molecule has 0 aliphatic rings. The average molecular weight is 269 g/mol. The van der Waals surface area contributed by atoms with Gasteiger partial charge in [-0.1, -0.05) is 18.2 Å². The molecule has 1 heterocycles. The van der Waals surface area contributed by atoms with Crippen molar-refractivity contribution in [2.45, 2.75) is 26.3 Å². The number of nitrogens with zero attached hydrogens (tertiary/aromatic N) is 1. The Morgan fingerprint density at radius 3 is 2.25 bits per heavy atom. The third-order valence-electron chi connectivity index (χ3n) is 2.55. The number of hydrogen-bond donors (Lipinski definition) is 2. The fourth-order valence-corrected chi connectivity index (χ4v) is 1.75. The van der Waals surface area contributed by atoms with Crippen molar-refractivity contribution in [1.82, 2.24) is 4.98 Å². The summed E-state index contributed by atoms with van der Waals surface area (Å²) in [6, 6.07) is 12.9. The van der Waals surface area contributed by atoms with Crippen molar-refractivity contribution in [3.8, 4) is 0 Å². The Morgan fingerprint density at radius 1 is 1.00 bits per heavy atom. The molecule has 2 N–H and O–H groups in total. The molecule has 1 amide bonds. The summed E-state index contributed by atoms with van der Waals surface area (Å²) in [6.07, 6.45) is 1.67. The van der Waals surface area contributed by atoms with Crippen LogP contribution in [0.25, 0.3) is 0 Å². The van der Waals surface area contributed by atoms with Gasteiger partial charge in [-0.05, 0) is 45.0 Å². The Hall–Kier alpha value is -2.36. The number of para-hydroxylation sites is 1. The number of hydrogen-bond acceptors (Lipinski definition) is 3. The molecule has 2 aromatic rings. The van der Waals surface area contributed by atoms with Crippen molar-refractivity contribution in [1.29, 1.82) is 0 Å². The minimum absolute atomic E-state index is 0.0322. The predicted octanol–water partition coefficient (Wildman–Crippen LogP) is 3.54. The third-order valence-corrected chi connectivity index (χ3v) is 2.55. The van der Waals surface area contributed by atoms with Crippen LogP contribution in [-0.4, -0.2) is 16.4 Å². The Balaban J connectivity index is 2.04. The van der Waals surface area contributed by atoms with Crippen LogP contribution in [0.5, 0.6) is 0 Å². The summed E-state index contributed by atoms with van der Waals surface area (Å²) in [4.78, 5) is 16.2. The summed E-state index contributed by atoms with van der Waals surface area (Å²) in [6.45, 7) is 6.22. The molecule has 1 aromatic heterocycles. The van der Waals surface area contributed by atoms with Gasteiger partial charge in [-0.3, -0.25) is 4.79 Å². The van der Waals surface area contributed by atoms with Crippen LogP contribution in [0.1, 0.15) is 31.3 Å². The summed E-state index contributed by atoms with van der Waals surface area (Å²) in [7, 11) is 0. The predicted molar refractivity (Wildman–Crippen MR) is 82.0 cm³/mol. The lowest BCUT2D eigenvalue weighted by Crippen LogP contribution is -2.26. The first-order valence-corrected chi connectivity index (χ1v) is 6.55. The smallest absolute Gasteiger partial charge is 0.274 e. The highest BCUT2D eigenvalue weighted by Crippen LogP contribution is 2.14. The molecular weight excluding hydrogens is 250 g/mol. The quantitative estimate of drug-likeness (QED) is 0.896. The number of amides is 1. The Labute approximate surface area is 119 Å². The highest BCUT2D eigenvalue weighted by Gasteiger charge is 2.11. The molecule has 0 atom stereocenters. The number of anilines is 2. The number of carbonyl (C=O) groups is 1. The van der Waals surface area contributed by atoms with Crippen LogP contribution in [0.2, 0.25) is 0 Å². The zero-order valence-corrected chi connectivity index (χ0v) is 12.0. The second-order valence-corrected chi connectivity index (χ2v) is 5.63. The number of nitrogens with one attached hydrogen (secondary N) is 2. The standard InChI is InChI=1S/C16H19N3O/c1-16(2,3)19-13-9-10-14(17-11-13)15(20)18-12-7-5-4-6-8-12/h4-11,19H,1-3H3,(H,18,20). The van der Waals surface area contributed by atoms with Crippen LogP contribution in [0.3, 0.4) is 0 Å². The number of carbonyl (C=O) groups excluding carboxylic acids is 1. The molecule has 0 aliphatic heterocycles. The van der Waals surface area contributed by atoms with Gasteiger partial charge in [0, 0.05) is 11.2 Å². The molecule has 2 rings (SSSR count). The summed E-state index contributed by atoms with van der Waals surface area (Å²) in [5.74, 6) is -0.210. The molecule has 1 aromatic carbocycles. The molecule has 20 heavy (non-hydrogen) atoms. The van der Waals surface area contributed by atoms with Gasteiger partial charge >= 0.3 is 0 Å². The Kier molecular flexibility index (Phi) is 4.03. The highest BCUT2D eigenvalue weighted by molar-refractivity contribution is 6.02. The van der Waals surface area contributed by atoms with E-state index in [0.717, 1.165) is 11.4 Å². The van der Waals surface area contributed by atoms with Gasteiger partial charge in [0.2, 0.25) is 0 Å². The van der Waals surface area contributed by atoms with E-state index in [-0.39, 0.29) is 11.4 Å². The summed E-state index contributed by atoms with van der Waals surface area (Å²) < 4.78 is 0. The number of rotatable bonds is 3. The number of benzene rings is 1. The van der Waals surface area contributed by atoms with Crippen LogP contribution in [0, 0.1) is 0 Å². The minimum atomic E-state index is -0.210. The van der Waals surface area contributed by atoms with E-state index in [1.807, 2.05) is 36.4 Å². The van der Waals surface area contributed by atoms with Crippen molar-refractivity contribution >= 4 is 17.3 Å². The lowest BCUT2D eigenvalue weighted by atomic mass is 10.1. The van der Waals surface area contributed by atoms with Crippen molar-refractivity contribution in [3.05, 3.63) is 54.4 Å². The molecule has 0 bridgehead atoms. The van der Waals surface area contributed by atoms with Gasteiger partial charge in [0.25, 0.3) is 5.91 Å². The molecule has 0 saturated heterocycles. The monoisotopic (exact) mass is 269 g/mol. The largest absolute Gasteiger partial charge is 0.379 e. The maximum atomic E-state index is 12.0. The Morgan fingerprint density at radius 2 is 1.70 bits per heavy atom. The van der Waals surface area contributed by atoms with Crippen LogP contribution in [0.4, 0.5) is 11.4 Å². The molecule has 0 fully saturated rings. The van der Waals surface area contributed by atoms with E-state index in [1.165, 1.54) is 0 Å². The van der Waals surface area contributed by atoms with E-state index < -0.39 is 0 Å². The van der Waals surface area contributed by atoms with Crippen molar-refractivity contribution in [2.24, 2.45) is 0 Å². The molecule has 104 valence electrons. The lowest BCUT2D eigenvalue weighted by molar-refractivity contribution is 0.102. The van der Waals surface area contributed by atoms with Crippen LogP contribution >= 0.6 is 0 Å². The van der Waals surface area contributed by atoms with E-state index >= 15 is 0 Å². The maximum Gasteiger partial charge on any atom is 0.274 e. The SMILES string of the molecule is CC(C)(C)Nc1ccc(C(=O)Nc2ccccc2)nc1. The zero-order valence-electron chi connectivity index (χ0n) is 12.0. The molecule has 0 radical (unpaired) electrons. The first-order valence-electron chi connectivity index (χ1n) is 6.55. The van der Waals surface area contributed by atoms with Crippen LogP contribution in [0.15, 0.2) is 48.7 Å². The third kappa shape index (κ3) is 4.09. The van der Waals surface area contributed by atoms with E-state index in [2.05, 4.69) is 36.4 Å². The molecular formula is C16H19N3O. The molecule has 0 saturated carbocycles. The van der Waals surface area contributed by atoms with Gasteiger partial charge < -0.3 is 10.6 Å². The Bertz CT molecular complexity index is 571. The highest BCUT2D eigenvalue weighted by atomic mass is 16.1. The first-order chi connectivity index (χ1) is 9.44. The van der Waals surface area contributed by atoms with E-state index in [4.69, 9.17) is 0 Å². The fourth-order valence-electron chi connectivity index (χ4n) is 1.75. The van der Waals surface area contributed by atoms with Crippen molar-refractivity contribution in [2.75, 3.05) is 10.6 Å². The van der Waals surface area contributed by atoms with Gasteiger partial charge in [0.1, 0.15) is 5.69 Å². The van der Waals surface area contributed by atoms with Gasteiger partial charge in [-0.2, -0.15) is 0 Å². The summed E-state index contributed by atoms with van der Waals surface area (Å²) in [5, 5.41) is 6.11. The molecule has 0 spiro atoms. The van der Waals surface area contributed by atoms with Gasteiger partial charge in [0.05, 0.1) is 11.9 Å². The average Bonchev–Trinajstić information content (AvgIpc) is 2.39. The first kappa shape index (κ1) is 14.1. The number of pyridine rings is 1. The zero-order chi connectivity index (χ0) is 14.6. The van der Waals surface area contributed by atoms with Crippen LogP contribution < -0.4 is 10.6 Å². The topological polar surface area (TPSA) is 54.0 Å². The molecule has 4 heteroatoms. The van der Waals surface area contributed by atoms with Gasteiger partial charge in [-0.15, -0.1) is 0 Å². The fraction of sp³-hybridized carbons (Fsp3) is 0.250. The number of aromatic nitrogens is 1. The minimum Gasteiger partial charge on any atom is -0.379 e. The molecule has 4 nitrogen and oxygen atoms in total. The van der Waals surface area contributed by atoms with Gasteiger partial charge in [0.15, 0.2) is 0 Å². The second kappa shape index (κ2) is 5.74. The van der Waals surface area contributed by atoms with Crippen molar-refractivity contribution < 1.29 is 4.79 Å². The molecule has 0 aliphatic carbocycles. The van der Waals surface area contributed by atoms with Gasteiger partial charge in [-0.25, -0.2) is 4.98 Å². The molecule has 0 unspecified atom stereocenters.